The van der Waals surface area contributed by atoms with Gasteiger partial charge in [-0.25, -0.2) is 4.39 Å². The molecule has 0 saturated heterocycles. The van der Waals surface area contributed by atoms with Crippen molar-refractivity contribution in [3.05, 3.63) is 84.2 Å². The average molecular weight is 421 g/mol. The van der Waals surface area contributed by atoms with Crippen LogP contribution in [0.4, 0.5) is 4.39 Å². The van der Waals surface area contributed by atoms with Crippen molar-refractivity contribution in [3.63, 3.8) is 0 Å². The third-order valence-electron chi connectivity index (χ3n) is 4.78. The van der Waals surface area contributed by atoms with E-state index in [1.165, 1.54) is 12.1 Å². The Bertz CT molecular complexity index is 1150. The highest BCUT2D eigenvalue weighted by Crippen LogP contribution is 2.37. The Morgan fingerprint density at radius 3 is 2.50 bits per heavy atom. The van der Waals surface area contributed by atoms with Crippen molar-refractivity contribution in [1.82, 2.24) is 10.3 Å². The predicted octanol–water partition coefficient (Wildman–Crippen LogP) is 5.50. The number of H-pyrrole nitrogens is 1. The van der Waals surface area contributed by atoms with Crippen LogP contribution in [0.2, 0.25) is 0 Å². The van der Waals surface area contributed by atoms with E-state index in [-0.39, 0.29) is 11.7 Å². The number of halogens is 1. The van der Waals surface area contributed by atoms with Gasteiger partial charge in [0.2, 0.25) is 0 Å². The molecule has 0 radical (unpaired) electrons. The number of methoxy groups -OCH3 is 1. The number of carbonyl (C=O) groups excluding carboxylic acids is 1. The summed E-state index contributed by atoms with van der Waals surface area (Å²) < 4.78 is 18.5. The zero-order chi connectivity index (χ0) is 20.9. The fraction of sp³-hybridized carbons (Fsp3) is 0.125. The van der Waals surface area contributed by atoms with Crippen molar-refractivity contribution in [1.29, 1.82) is 0 Å². The largest absolute Gasteiger partial charge is 0.497 e. The normalized spacial score (nSPS) is 10.9. The summed E-state index contributed by atoms with van der Waals surface area (Å²) in [5, 5.41) is 4.07. The number of nitrogens with one attached hydrogen (secondary N) is 2. The van der Waals surface area contributed by atoms with Crippen LogP contribution in [0.3, 0.4) is 0 Å². The van der Waals surface area contributed by atoms with Crippen LogP contribution in [0, 0.1) is 5.82 Å². The monoisotopic (exact) mass is 420 g/mol. The Labute approximate surface area is 178 Å². The molecule has 0 unspecified atom stereocenters. The minimum Gasteiger partial charge on any atom is -0.497 e. The van der Waals surface area contributed by atoms with Gasteiger partial charge < -0.3 is 15.0 Å². The number of rotatable bonds is 7. The van der Waals surface area contributed by atoms with E-state index >= 15 is 0 Å². The first-order chi connectivity index (χ1) is 14.7. The summed E-state index contributed by atoms with van der Waals surface area (Å²) in [6.07, 6.45) is 0. The number of thioether (sulfide) groups is 1. The second-order valence-electron chi connectivity index (χ2n) is 6.71. The van der Waals surface area contributed by atoms with Crippen molar-refractivity contribution in [2.45, 2.75) is 4.90 Å². The van der Waals surface area contributed by atoms with Gasteiger partial charge in [0.05, 0.1) is 12.8 Å². The molecule has 1 heterocycles. The maximum absolute atomic E-state index is 13.4. The van der Waals surface area contributed by atoms with Gasteiger partial charge in [-0.1, -0.05) is 18.2 Å². The number of para-hydroxylation sites is 1. The molecule has 4 nitrogen and oxygen atoms in total. The van der Waals surface area contributed by atoms with Crippen LogP contribution in [0.15, 0.2) is 77.7 Å². The summed E-state index contributed by atoms with van der Waals surface area (Å²) in [5.41, 5.74) is 3.52. The lowest BCUT2D eigenvalue weighted by atomic mass is 10.1. The van der Waals surface area contributed by atoms with Crippen LogP contribution >= 0.6 is 11.8 Å². The Morgan fingerprint density at radius 2 is 1.77 bits per heavy atom. The molecule has 4 rings (SSSR count). The number of hydrogen-bond acceptors (Lipinski definition) is 3. The van der Waals surface area contributed by atoms with Crippen LogP contribution < -0.4 is 10.1 Å². The molecule has 0 aliphatic rings. The number of ether oxygens (including phenoxy) is 1. The van der Waals surface area contributed by atoms with E-state index in [9.17, 15) is 9.18 Å². The highest BCUT2D eigenvalue weighted by molar-refractivity contribution is 7.99. The zero-order valence-electron chi connectivity index (χ0n) is 16.4. The molecule has 0 bridgehead atoms. The number of hydrogen-bond donors (Lipinski definition) is 2. The summed E-state index contributed by atoms with van der Waals surface area (Å²) in [6.45, 7) is 0.526. The fourth-order valence-corrected chi connectivity index (χ4v) is 4.30. The van der Waals surface area contributed by atoms with Crippen molar-refractivity contribution in [2.75, 3.05) is 19.4 Å². The number of fused-ring (bicyclic) bond motifs is 1. The van der Waals surface area contributed by atoms with E-state index in [2.05, 4.69) is 16.4 Å². The predicted molar refractivity (Wildman–Crippen MR) is 120 cm³/mol. The molecule has 0 saturated carbocycles. The molecule has 0 atom stereocenters. The van der Waals surface area contributed by atoms with E-state index < -0.39 is 0 Å². The second kappa shape index (κ2) is 9.05. The standard InChI is InChI=1S/C24H21FN2O2S/c1-29-19-12-8-17(9-13-19)24(28)26-14-15-30-23-20-4-2-3-5-21(20)27-22(23)16-6-10-18(25)11-7-16/h2-13,27H,14-15H2,1H3,(H,26,28). The van der Waals surface area contributed by atoms with E-state index in [0.29, 0.717) is 17.9 Å². The van der Waals surface area contributed by atoms with E-state index in [4.69, 9.17) is 4.74 Å². The van der Waals surface area contributed by atoms with Crippen molar-refractivity contribution < 1.29 is 13.9 Å². The molecule has 152 valence electrons. The molecular formula is C24H21FN2O2S. The maximum Gasteiger partial charge on any atom is 0.251 e. The Balaban J connectivity index is 1.46. The van der Waals surface area contributed by atoms with Gasteiger partial charge in [-0.2, -0.15) is 0 Å². The molecule has 1 amide bonds. The fourth-order valence-electron chi connectivity index (χ4n) is 3.25. The van der Waals surface area contributed by atoms with Crippen molar-refractivity contribution >= 4 is 28.6 Å². The summed E-state index contributed by atoms with van der Waals surface area (Å²) in [6, 6.07) is 21.6. The number of carbonyl (C=O) groups is 1. The Hall–Kier alpha value is -3.25. The quantitative estimate of drug-likeness (QED) is 0.306. The summed E-state index contributed by atoms with van der Waals surface area (Å²) >= 11 is 1.67. The van der Waals surface area contributed by atoms with Crippen LogP contribution in [-0.2, 0) is 0 Å². The minimum atomic E-state index is -0.259. The topological polar surface area (TPSA) is 54.1 Å². The second-order valence-corrected chi connectivity index (χ2v) is 7.82. The van der Waals surface area contributed by atoms with Gasteiger partial charge in [-0.3, -0.25) is 4.79 Å². The molecule has 0 aliphatic heterocycles. The van der Waals surface area contributed by atoms with Crippen LogP contribution in [-0.4, -0.2) is 30.3 Å². The highest BCUT2D eigenvalue weighted by atomic mass is 32.2. The molecular weight excluding hydrogens is 399 g/mol. The molecule has 0 spiro atoms. The van der Waals surface area contributed by atoms with Gasteiger partial charge in [-0.15, -0.1) is 11.8 Å². The SMILES string of the molecule is COc1ccc(C(=O)NCCSc2c(-c3ccc(F)cc3)[nH]c3ccccc23)cc1. The first-order valence-corrected chi connectivity index (χ1v) is 10.6. The summed E-state index contributed by atoms with van der Waals surface area (Å²) in [5.74, 6) is 1.05. The number of aromatic amines is 1. The average Bonchev–Trinajstić information content (AvgIpc) is 3.15. The van der Waals surface area contributed by atoms with E-state index in [1.54, 1.807) is 55.3 Å². The molecule has 3 aromatic carbocycles. The third-order valence-corrected chi connectivity index (χ3v) is 5.90. The molecule has 2 N–H and O–H groups in total. The van der Waals surface area contributed by atoms with Crippen molar-refractivity contribution in [3.8, 4) is 17.0 Å². The van der Waals surface area contributed by atoms with Crippen LogP contribution in [0.25, 0.3) is 22.2 Å². The molecule has 30 heavy (non-hydrogen) atoms. The number of amides is 1. The van der Waals surface area contributed by atoms with Gasteiger partial charge in [0.15, 0.2) is 0 Å². The van der Waals surface area contributed by atoms with E-state index in [0.717, 1.165) is 32.8 Å². The first-order valence-electron chi connectivity index (χ1n) is 9.57. The minimum absolute atomic E-state index is 0.115. The third kappa shape index (κ3) is 4.33. The summed E-state index contributed by atoms with van der Waals surface area (Å²) in [7, 11) is 1.59. The lowest BCUT2D eigenvalue weighted by Gasteiger charge is -2.08. The van der Waals surface area contributed by atoms with Gasteiger partial charge in [0, 0.05) is 33.7 Å². The lowest BCUT2D eigenvalue weighted by molar-refractivity contribution is 0.0956. The van der Waals surface area contributed by atoms with Gasteiger partial charge in [0.1, 0.15) is 11.6 Å². The number of aromatic nitrogens is 1. The Kier molecular flexibility index (Phi) is 6.05. The van der Waals surface area contributed by atoms with Gasteiger partial charge in [0.25, 0.3) is 5.91 Å². The molecule has 6 heteroatoms. The zero-order valence-corrected chi connectivity index (χ0v) is 17.3. The lowest BCUT2D eigenvalue weighted by Crippen LogP contribution is -2.25. The smallest absolute Gasteiger partial charge is 0.251 e. The molecule has 1 aromatic heterocycles. The van der Waals surface area contributed by atoms with E-state index in [1.807, 2.05) is 18.2 Å². The number of benzene rings is 3. The maximum atomic E-state index is 13.4. The highest BCUT2D eigenvalue weighted by Gasteiger charge is 2.14. The van der Waals surface area contributed by atoms with Crippen LogP contribution in [0.1, 0.15) is 10.4 Å². The summed E-state index contributed by atoms with van der Waals surface area (Å²) in [4.78, 5) is 16.9. The molecule has 4 aromatic rings. The van der Waals surface area contributed by atoms with Crippen LogP contribution in [0.5, 0.6) is 5.75 Å². The van der Waals surface area contributed by atoms with Gasteiger partial charge in [-0.05, 0) is 60.2 Å². The molecule has 0 aliphatic carbocycles. The van der Waals surface area contributed by atoms with Crippen molar-refractivity contribution in [2.24, 2.45) is 0 Å². The molecule has 0 fully saturated rings. The van der Waals surface area contributed by atoms with Gasteiger partial charge >= 0.3 is 0 Å². The first kappa shape index (κ1) is 20.0. The Morgan fingerprint density at radius 1 is 1.03 bits per heavy atom.